The molecule has 0 aromatic heterocycles. The SMILES string of the molecule is CC1(C)C/C(=C\C(=O)c2ccc(C(F)(F)F)cc2)N(CC(=O)O)C1. The van der Waals surface area contributed by atoms with Gasteiger partial charge in [0.25, 0.3) is 0 Å². The molecule has 1 fully saturated rings. The monoisotopic (exact) mass is 341 g/mol. The van der Waals surface area contributed by atoms with Crippen molar-refractivity contribution in [2.75, 3.05) is 13.1 Å². The molecule has 0 saturated carbocycles. The quantitative estimate of drug-likeness (QED) is 0.672. The first-order valence-electron chi connectivity index (χ1n) is 7.37. The van der Waals surface area contributed by atoms with Crippen LogP contribution in [0.3, 0.4) is 0 Å². The zero-order valence-corrected chi connectivity index (χ0v) is 13.4. The molecule has 0 amide bonds. The maximum atomic E-state index is 12.5. The highest BCUT2D eigenvalue weighted by atomic mass is 19.4. The fourth-order valence-electron chi connectivity index (χ4n) is 2.80. The second kappa shape index (κ2) is 6.30. The average Bonchev–Trinajstić information content (AvgIpc) is 2.71. The molecule has 1 aliphatic rings. The molecule has 0 spiro atoms. The first kappa shape index (κ1) is 18.0. The molecular formula is C17H18F3NO3. The number of rotatable bonds is 4. The summed E-state index contributed by atoms with van der Waals surface area (Å²) in [5, 5.41) is 8.96. The number of carbonyl (C=O) groups is 2. The number of ketones is 1. The van der Waals surface area contributed by atoms with Crippen molar-refractivity contribution in [1.82, 2.24) is 4.90 Å². The fourth-order valence-corrected chi connectivity index (χ4v) is 2.80. The summed E-state index contributed by atoms with van der Waals surface area (Å²) in [4.78, 5) is 24.8. The predicted molar refractivity (Wildman–Crippen MR) is 81.5 cm³/mol. The fraction of sp³-hybridized carbons (Fsp3) is 0.412. The van der Waals surface area contributed by atoms with Crippen LogP contribution in [0.5, 0.6) is 0 Å². The van der Waals surface area contributed by atoms with Crippen LogP contribution in [0.2, 0.25) is 0 Å². The lowest BCUT2D eigenvalue weighted by Crippen LogP contribution is -2.28. The molecule has 24 heavy (non-hydrogen) atoms. The zero-order chi connectivity index (χ0) is 18.1. The molecule has 1 aliphatic heterocycles. The van der Waals surface area contributed by atoms with Crippen molar-refractivity contribution in [2.24, 2.45) is 5.41 Å². The van der Waals surface area contributed by atoms with Crippen LogP contribution in [-0.2, 0) is 11.0 Å². The van der Waals surface area contributed by atoms with Gasteiger partial charge in [0.1, 0.15) is 6.54 Å². The number of likely N-dealkylation sites (tertiary alicyclic amines) is 1. The molecule has 2 rings (SSSR count). The first-order chi connectivity index (χ1) is 11.0. The Kier molecular flexibility index (Phi) is 4.73. The largest absolute Gasteiger partial charge is 0.480 e. The maximum absolute atomic E-state index is 12.5. The zero-order valence-electron chi connectivity index (χ0n) is 13.4. The Morgan fingerprint density at radius 1 is 1.25 bits per heavy atom. The third-order valence-corrected chi connectivity index (χ3v) is 3.81. The van der Waals surface area contributed by atoms with Crippen LogP contribution in [0, 0.1) is 5.41 Å². The lowest BCUT2D eigenvalue weighted by molar-refractivity contribution is -0.138. The summed E-state index contributed by atoms with van der Waals surface area (Å²) < 4.78 is 37.6. The van der Waals surface area contributed by atoms with E-state index < -0.39 is 23.5 Å². The Morgan fingerprint density at radius 3 is 2.33 bits per heavy atom. The van der Waals surface area contributed by atoms with Crippen LogP contribution in [0.1, 0.15) is 36.2 Å². The van der Waals surface area contributed by atoms with E-state index in [-0.39, 0.29) is 17.5 Å². The summed E-state index contributed by atoms with van der Waals surface area (Å²) in [6.45, 7) is 4.22. The second-order valence-electron chi connectivity index (χ2n) is 6.67. The van der Waals surface area contributed by atoms with Crippen molar-refractivity contribution >= 4 is 11.8 Å². The van der Waals surface area contributed by atoms with Crippen molar-refractivity contribution in [3.8, 4) is 0 Å². The molecule has 0 aliphatic carbocycles. The molecule has 1 heterocycles. The summed E-state index contributed by atoms with van der Waals surface area (Å²) in [7, 11) is 0. The number of hydrogen-bond acceptors (Lipinski definition) is 3. The van der Waals surface area contributed by atoms with E-state index in [0.29, 0.717) is 18.7 Å². The summed E-state index contributed by atoms with van der Waals surface area (Å²) >= 11 is 0. The summed E-state index contributed by atoms with van der Waals surface area (Å²) in [5.41, 5.74) is -0.259. The van der Waals surface area contributed by atoms with E-state index in [1.165, 1.54) is 6.08 Å². The van der Waals surface area contributed by atoms with Crippen LogP contribution >= 0.6 is 0 Å². The Hall–Kier alpha value is -2.31. The minimum absolute atomic E-state index is 0.135. The number of carboxylic acids is 1. The van der Waals surface area contributed by atoms with Crippen LogP contribution in [0.4, 0.5) is 13.2 Å². The smallest absolute Gasteiger partial charge is 0.416 e. The highest BCUT2D eigenvalue weighted by Crippen LogP contribution is 2.36. The van der Waals surface area contributed by atoms with Gasteiger partial charge in [-0.05, 0) is 24.0 Å². The van der Waals surface area contributed by atoms with E-state index in [1.807, 2.05) is 13.8 Å². The number of carboxylic acid groups (broad SMARTS) is 1. The van der Waals surface area contributed by atoms with Crippen molar-refractivity contribution in [1.29, 1.82) is 0 Å². The number of aliphatic carboxylic acids is 1. The Morgan fingerprint density at radius 2 is 1.83 bits per heavy atom. The molecule has 1 aromatic rings. The molecule has 4 nitrogen and oxygen atoms in total. The van der Waals surface area contributed by atoms with Gasteiger partial charge in [0.05, 0.1) is 5.56 Å². The Balaban J connectivity index is 2.22. The van der Waals surface area contributed by atoms with E-state index in [9.17, 15) is 22.8 Å². The van der Waals surface area contributed by atoms with Crippen LogP contribution in [0.25, 0.3) is 0 Å². The average molecular weight is 341 g/mol. The third kappa shape index (κ3) is 4.37. The molecular weight excluding hydrogens is 323 g/mol. The molecule has 0 radical (unpaired) electrons. The summed E-state index contributed by atoms with van der Waals surface area (Å²) in [6, 6.07) is 3.98. The minimum Gasteiger partial charge on any atom is -0.480 e. The van der Waals surface area contributed by atoms with Gasteiger partial charge >= 0.3 is 12.1 Å². The predicted octanol–water partition coefficient (Wildman–Crippen LogP) is 3.59. The van der Waals surface area contributed by atoms with Crippen molar-refractivity contribution in [3.05, 3.63) is 47.2 Å². The molecule has 1 aromatic carbocycles. The molecule has 0 atom stereocenters. The second-order valence-corrected chi connectivity index (χ2v) is 6.67. The van der Waals surface area contributed by atoms with Gasteiger partial charge in [-0.2, -0.15) is 13.2 Å². The maximum Gasteiger partial charge on any atom is 0.416 e. The standard InChI is InChI=1S/C17H18F3NO3/c1-16(2)8-13(21(10-16)9-15(23)24)7-14(22)11-3-5-12(6-4-11)17(18,19)20/h3-7H,8-10H2,1-2H3,(H,23,24)/b13-7+. The molecule has 1 saturated heterocycles. The van der Waals surface area contributed by atoms with E-state index in [2.05, 4.69) is 0 Å². The van der Waals surface area contributed by atoms with Crippen molar-refractivity contribution in [2.45, 2.75) is 26.4 Å². The number of nitrogens with zero attached hydrogens (tertiary/aromatic N) is 1. The summed E-state index contributed by atoms with van der Waals surface area (Å²) in [5.74, 6) is -1.44. The molecule has 7 heteroatoms. The van der Waals surface area contributed by atoms with E-state index in [1.54, 1.807) is 4.90 Å². The Labute approximate surface area is 137 Å². The number of hydrogen-bond donors (Lipinski definition) is 1. The lowest BCUT2D eigenvalue weighted by Gasteiger charge is -2.19. The number of allylic oxidation sites excluding steroid dienone is 2. The van der Waals surface area contributed by atoms with Crippen LogP contribution in [-0.4, -0.2) is 34.8 Å². The molecule has 1 N–H and O–H groups in total. The van der Waals surface area contributed by atoms with Gasteiger partial charge in [-0.3, -0.25) is 9.59 Å². The van der Waals surface area contributed by atoms with Gasteiger partial charge < -0.3 is 10.0 Å². The van der Waals surface area contributed by atoms with Crippen molar-refractivity contribution < 1.29 is 27.9 Å². The van der Waals surface area contributed by atoms with Crippen LogP contribution < -0.4 is 0 Å². The molecule has 0 unspecified atom stereocenters. The summed E-state index contributed by atoms with van der Waals surface area (Å²) in [6.07, 6.45) is -2.60. The molecule has 0 bridgehead atoms. The van der Waals surface area contributed by atoms with E-state index >= 15 is 0 Å². The highest BCUT2D eigenvalue weighted by molar-refractivity contribution is 6.05. The Bertz CT molecular complexity index is 675. The molecule has 130 valence electrons. The van der Waals surface area contributed by atoms with Gasteiger partial charge in [-0.15, -0.1) is 0 Å². The van der Waals surface area contributed by atoms with Gasteiger partial charge in [0, 0.05) is 23.9 Å². The minimum atomic E-state index is -4.45. The van der Waals surface area contributed by atoms with Crippen molar-refractivity contribution in [3.63, 3.8) is 0 Å². The van der Waals surface area contributed by atoms with E-state index in [4.69, 9.17) is 5.11 Å². The van der Waals surface area contributed by atoms with Gasteiger partial charge in [0.2, 0.25) is 0 Å². The number of benzene rings is 1. The number of carbonyl (C=O) groups excluding carboxylic acids is 1. The van der Waals surface area contributed by atoms with Gasteiger partial charge in [0.15, 0.2) is 5.78 Å². The van der Waals surface area contributed by atoms with Gasteiger partial charge in [-0.1, -0.05) is 26.0 Å². The third-order valence-electron chi connectivity index (χ3n) is 3.81. The first-order valence-corrected chi connectivity index (χ1v) is 7.37. The van der Waals surface area contributed by atoms with Crippen LogP contribution in [0.15, 0.2) is 36.0 Å². The highest BCUT2D eigenvalue weighted by Gasteiger charge is 2.34. The lowest BCUT2D eigenvalue weighted by atomic mass is 9.92. The number of halogens is 3. The van der Waals surface area contributed by atoms with E-state index in [0.717, 1.165) is 24.3 Å². The van der Waals surface area contributed by atoms with Gasteiger partial charge in [-0.25, -0.2) is 0 Å². The normalized spacial score (nSPS) is 18.9. The number of alkyl halides is 3. The topological polar surface area (TPSA) is 57.6 Å².